The van der Waals surface area contributed by atoms with Crippen LogP contribution in [0.2, 0.25) is 0 Å². The summed E-state index contributed by atoms with van der Waals surface area (Å²) in [5, 5.41) is 0. The van der Waals surface area contributed by atoms with Crippen molar-refractivity contribution < 1.29 is 76.0 Å². The smallest absolute Gasteiger partial charge is 0.805 e. The number of hydrogen-bond donors (Lipinski definition) is 2. The van der Waals surface area contributed by atoms with Crippen molar-refractivity contribution in [1.29, 1.82) is 0 Å². The van der Waals surface area contributed by atoms with Crippen molar-refractivity contribution in [3.8, 4) is 0 Å². The van der Waals surface area contributed by atoms with Gasteiger partial charge in [0.05, 0.1) is 0 Å². The molecule has 0 rings (SSSR count). The maximum Gasteiger partial charge on any atom is 1.00 e. The Morgan fingerprint density at radius 3 is 1.50 bits per heavy atom. The summed E-state index contributed by atoms with van der Waals surface area (Å²) in [6.07, 6.45) is -1.15. The average Bonchev–Trinajstić information content (AvgIpc) is 2.08. The van der Waals surface area contributed by atoms with Crippen LogP contribution in [0.25, 0.3) is 0 Å². The van der Waals surface area contributed by atoms with Crippen LogP contribution in [-0.4, -0.2) is 20.8 Å². The maximum absolute atomic E-state index is 10.7. The zero-order chi connectivity index (χ0) is 13.0. The molecular formula is C6H10Li2O8P2. The minimum atomic E-state index is -5.23. The molecule has 0 amide bonds. The van der Waals surface area contributed by atoms with Crippen LogP contribution < -0.4 is 47.5 Å². The Morgan fingerprint density at radius 1 is 0.889 bits per heavy atom. The summed E-state index contributed by atoms with van der Waals surface area (Å²) in [5.74, 6) is 0. The van der Waals surface area contributed by atoms with E-state index in [0.717, 1.165) is 0 Å². The SMILES string of the molecule is O=C(CCCCC(=O)P(=O)(O)O)P(=O)([O-])[O-].[Li+].[Li+]. The summed E-state index contributed by atoms with van der Waals surface area (Å²) in [4.78, 5) is 58.3. The summed E-state index contributed by atoms with van der Waals surface area (Å²) >= 11 is 0. The van der Waals surface area contributed by atoms with Crippen LogP contribution >= 0.6 is 15.2 Å². The number of carbonyl (C=O) groups excluding carboxylic acids is 2. The maximum atomic E-state index is 10.7. The first-order valence-electron chi connectivity index (χ1n) is 4.19. The molecule has 0 aliphatic rings. The molecule has 0 aromatic heterocycles. The fourth-order valence-electron chi connectivity index (χ4n) is 0.835. The van der Waals surface area contributed by atoms with Gasteiger partial charge in [-0.25, -0.2) is 0 Å². The summed E-state index contributed by atoms with van der Waals surface area (Å²) < 4.78 is 20.5. The van der Waals surface area contributed by atoms with E-state index in [4.69, 9.17) is 9.79 Å². The first kappa shape index (κ1) is 23.9. The molecule has 0 saturated heterocycles. The van der Waals surface area contributed by atoms with E-state index in [0.29, 0.717) is 0 Å². The molecule has 0 aromatic rings. The third-order valence-electron chi connectivity index (χ3n) is 1.66. The van der Waals surface area contributed by atoms with E-state index < -0.39 is 39.1 Å². The predicted octanol–water partition coefficient (Wildman–Crippen LogP) is -7.30. The third kappa shape index (κ3) is 10.7. The van der Waals surface area contributed by atoms with Gasteiger partial charge in [-0.1, -0.05) is 0 Å². The second-order valence-electron chi connectivity index (χ2n) is 3.04. The molecule has 0 saturated carbocycles. The topological polar surface area (TPSA) is 155 Å². The molecule has 0 aliphatic carbocycles. The second-order valence-corrected chi connectivity index (χ2v) is 6.12. The molecule has 0 aliphatic heterocycles. The normalized spacial score (nSPS) is 11.1. The molecule has 94 valence electrons. The van der Waals surface area contributed by atoms with Gasteiger partial charge in [0.1, 0.15) is 0 Å². The Bertz CT molecular complexity index is 336. The molecule has 0 aromatic carbocycles. The number of rotatable bonds is 7. The molecule has 2 N–H and O–H groups in total. The van der Waals surface area contributed by atoms with Crippen LogP contribution in [0.4, 0.5) is 0 Å². The molecule has 8 nitrogen and oxygen atoms in total. The Kier molecular flexibility index (Phi) is 12.9. The van der Waals surface area contributed by atoms with Crippen molar-refractivity contribution in [3.63, 3.8) is 0 Å². The van der Waals surface area contributed by atoms with Gasteiger partial charge in [-0.2, -0.15) is 0 Å². The Balaban J connectivity index is -0.00000112. The monoisotopic (exact) mass is 286 g/mol. The first-order chi connectivity index (χ1) is 7.05. The van der Waals surface area contributed by atoms with E-state index in [9.17, 15) is 28.5 Å². The van der Waals surface area contributed by atoms with Gasteiger partial charge in [-0.15, -0.1) is 0 Å². The predicted molar refractivity (Wildman–Crippen MR) is 48.1 cm³/mol. The van der Waals surface area contributed by atoms with Gasteiger partial charge in [-0.05, 0) is 12.8 Å². The zero-order valence-electron chi connectivity index (χ0n) is 10.1. The van der Waals surface area contributed by atoms with Crippen molar-refractivity contribution in [3.05, 3.63) is 0 Å². The van der Waals surface area contributed by atoms with Crippen molar-refractivity contribution in [2.24, 2.45) is 0 Å². The van der Waals surface area contributed by atoms with Gasteiger partial charge in [0, 0.05) is 20.4 Å². The number of unbranched alkanes of at least 4 members (excludes halogenated alkanes) is 1. The largest absolute Gasteiger partial charge is 1.00 e. The van der Waals surface area contributed by atoms with Crippen LogP contribution in [0, 0.1) is 0 Å². The molecule has 0 unspecified atom stereocenters. The molecule has 0 heterocycles. The van der Waals surface area contributed by atoms with Gasteiger partial charge in [0.25, 0.3) is 0 Å². The summed E-state index contributed by atoms with van der Waals surface area (Å²) in [5.41, 5.74) is -2.73. The van der Waals surface area contributed by atoms with Gasteiger partial charge < -0.3 is 24.1 Å². The third-order valence-corrected chi connectivity index (χ3v) is 3.37. The quantitative estimate of drug-likeness (QED) is 0.265. The van der Waals surface area contributed by atoms with Crippen molar-refractivity contribution in [2.75, 3.05) is 0 Å². The number of hydrogen-bond acceptors (Lipinski definition) is 6. The van der Waals surface area contributed by atoms with Gasteiger partial charge >= 0.3 is 45.3 Å². The zero-order valence-corrected chi connectivity index (χ0v) is 11.9. The van der Waals surface area contributed by atoms with E-state index in [1.165, 1.54) is 0 Å². The standard InChI is InChI=1S/C6H12O8P2.2Li/c7-5(15(9,10)11)3-1-2-4-6(8)16(12,13)14;;/h1-4H2,(H2,9,10,11)(H2,12,13,14);;/q;2*+1/p-2. The minimum Gasteiger partial charge on any atom is -0.805 e. The van der Waals surface area contributed by atoms with Crippen molar-refractivity contribution >= 4 is 26.2 Å². The summed E-state index contributed by atoms with van der Waals surface area (Å²) in [6.45, 7) is 0. The van der Waals surface area contributed by atoms with Crippen LogP contribution in [-0.2, 0) is 18.7 Å². The van der Waals surface area contributed by atoms with E-state index in [-0.39, 0.29) is 50.6 Å². The van der Waals surface area contributed by atoms with E-state index in [1.54, 1.807) is 0 Å². The molecule has 0 radical (unpaired) electrons. The second kappa shape index (κ2) is 9.69. The molecule has 0 fully saturated rings. The summed E-state index contributed by atoms with van der Waals surface area (Å²) in [7, 11) is -9.99. The van der Waals surface area contributed by atoms with Crippen LogP contribution in [0.15, 0.2) is 0 Å². The van der Waals surface area contributed by atoms with Gasteiger partial charge in [0.15, 0.2) is 5.52 Å². The Hall–Kier alpha value is 0.835. The molecular weight excluding hydrogens is 276 g/mol. The van der Waals surface area contributed by atoms with E-state index >= 15 is 0 Å². The van der Waals surface area contributed by atoms with Gasteiger partial charge in [-0.3, -0.25) is 14.2 Å². The minimum absolute atomic E-state index is 0. The van der Waals surface area contributed by atoms with Crippen LogP contribution in [0.1, 0.15) is 25.7 Å². The van der Waals surface area contributed by atoms with E-state index in [1.807, 2.05) is 0 Å². The Labute approximate surface area is 128 Å². The molecule has 18 heavy (non-hydrogen) atoms. The van der Waals surface area contributed by atoms with Crippen molar-refractivity contribution in [1.82, 2.24) is 0 Å². The number of carbonyl (C=O) groups is 2. The molecule has 0 spiro atoms. The summed E-state index contributed by atoms with van der Waals surface area (Å²) in [6, 6.07) is 0. The average molecular weight is 286 g/mol. The first-order valence-corrected chi connectivity index (χ1v) is 7.35. The van der Waals surface area contributed by atoms with E-state index in [2.05, 4.69) is 0 Å². The molecule has 12 heteroatoms. The molecule has 0 atom stereocenters. The fourth-order valence-corrected chi connectivity index (χ4v) is 1.72. The van der Waals surface area contributed by atoms with Gasteiger partial charge in [0.2, 0.25) is 5.52 Å². The van der Waals surface area contributed by atoms with Crippen LogP contribution in [0.5, 0.6) is 0 Å². The fraction of sp³-hybridized carbons (Fsp3) is 0.667. The Morgan fingerprint density at radius 2 is 1.22 bits per heavy atom. The van der Waals surface area contributed by atoms with Crippen LogP contribution in [0.3, 0.4) is 0 Å². The van der Waals surface area contributed by atoms with Crippen molar-refractivity contribution in [2.45, 2.75) is 25.7 Å². The molecule has 0 bridgehead atoms.